The summed E-state index contributed by atoms with van der Waals surface area (Å²) in [7, 11) is -3.00. The lowest BCUT2D eigenvalue weighted by atomic mass is 10.1. The van der Waals surface area contributed by atoms with E-state index in [2.05, 4.69) is 9.97 Å². The Morgan fingerprint density at radius 2 is 1.67 bits per heavy atom. The predicted octanol–water partition coefficient (Wildman–Crippen LogP) is 3.35. The molecule has 1 unspecified atom stereocenters. The number of nitrogens with zero attached hydrogens (tertiary/aromatic N) is 2. The molecule has 1 saturated heterocycles. The van der Waals surface area contributed by atoms with Crippen molar-refractivity contribution in [1.29, 1.82) is 0 Å². The van der Waals surface area contributed by atoms with Gasteiger partial charge in [-0.25, -0.2) is 18.4 Å². The van der Waals surface area contributed by atoms with E-state index in [-0.39, 0.29) is 27.7 Å². The molecule has 1 aromatic heterocycles. The van der Waals surface area contributed by atoms with E-state index in [0.717, 1.165) is 5.56 Å². The fourth-order valence-electron chi connectivity index (χ4n) is 2.45. The predicted molar refractivity (Wildman–Crippen MR) is 83.5 cm³/mol. The van der Waals surface area contributed by atoms with Crippen molar-refractivity contribution in [3.8, 4) is 11.1 Å². The minimum absolute atomic E-state index is 0.0599. The van der Waals surface area contributed by atoms with Gasteiger partial charge in [0.1, 0.15) is 16.1 Å². The molecule has 110 valence electrons. The van der Waals surface area contributed by atoms with Gasteiger partial charge in [0.25, 0.3) is 0 Å². The first kappa shape index (κ1) is 14.8. The quantitative estimate of drug-likeness (QED) is 0.785. The van der Waals surface area contributed by atoms with E-state index in [1.165, 1.54) is 0 Å². The number of aromatic nitrogens is 2. The number of rotatable bonds is 2. The summed E-state index contributed by atoms with van der Waals surface area (Å²) in [5, 5.41) is 0.501. The fraction of sp³-hybridized carbons (Fsp3) is 0.286. The van der Waals surface area contributed by atoms with Crippen LogP contribution in [-0.4, -0.2) is 29.9 Å². The van der Waals surface area contributed by atoms with Crippen molar-refractivity contribution in [3.05, 3.63) is 46.5 Å². The third-order valence-corrected chi connectivity index (χ3v) is 5.81. The topological polar surface area (TPSA) is 59.9 Å². The third-order valence-electron chi connectivity index (χ3n) is 3.50. The fourth-order valence-corrected chi connectivity index (χ4v) is 4.81. The molecule has 0 amide bonds. The largest absolute Gasteiger partial charge is 0.229 e. The van der Waals surface area contributed by atoms with Gasteiger partial charge >= 0.3 is 0 Å². The molecule has 1 fully saturated rings. The van der Waals surface area contributed by atoms with E-state index in [9.17, 15) is 8.42 Å². The number of hydrogen-bond donors (Lipinski definition) is 0. The molecule has 1 atom stereocenters. The summed E-state index contributed by atoms with van der Waals surface area (Å²) in [4.78, 5) is 8.53. The van der Waals surface area contributed by atoms with E-state index in [1.807, 2.05) is 30.3 Å². The van der Waals surface area contributed by atoms with Gasteiger partial charge in [-0.05, 0) is 12.0 Å². The van der Waals surface area contributed by atoms with Crippen molar-refractivity contribution in [2.75, 3.05) is 11.5 Å². The molecule has 0 radical (unpaired) electrons. The molecule has 2 heterocycles. The van der Waals surface area contributed by atoms with Crippen LogP contribution < -0.4 is 0 Å². The maximum absolute atomic E-state index is 11.6. The summed E-state index contributed by atoms with van der Waals surface area (Å²) in [5.74, 6) is 0.404. The Morgan fingerprint density at radius 1 is 1.05 bits per heavy atom. The number of benzene rings is 1. The summed E-state index contributed by atoms with van der Waals surface area (Å²) in [6, 6.07) is 9.38. The highest BCUT2D eigenvalue weighted by atomic mass is 35.5. The summed E-state index contributed by atoms with van der Waals surface area (Å²) >= 11 is 12.5. The Kier molecular flexibility index (Phi) is 3.90. The molecule has 7 heteroatoms. The van der Waals surface area contributed by atoms with Crippen LogP contribution in [0.15, 0.2) is 30.3 Å². The van der Waals surface area contributed by atoms with E-state index < -0.39 is 9.84 Å². The molecule has 0 spiro atoms. The van der Waals surface area contributed by atoms with E-state index in [0.29, 0.717) is 17.8 Å². The second kappa shape index (κ2) is 5.55. The van der Waals surface area contributed by atoms with Gasteiger partial charge in [0.2, 0.25) is 0 Å². The minimum Gasteiger partial charge on any atom is -0.229 e. The van der Waals surface area contributed by atoms with Crippen LogP contribution in [0.3, 0.4) is 0 Å². The van der Waals surface area contributed by atoms with Crippen LogP contribution in [-0.2, 0) is 9.84 Å². The molecule has 0 saturated carbocycles. The van der Waals surface area contributed by atoms with E-state index in [1.54, 1.807) is 0 Å². The van der Waals surface area contributed by atoms with Gasteiger partial charge < -0.3 is 0 Å². The molecule has 1 aliphatic rings. The average Bonchev–Trinajstić information content (AvgIpc) is 2.79. The normalized spacial score (nSPS) is 20.6. The monoisotopic (exact) mass is 342 g/mol. The first-order chi connectivity index (χ1) is 9.96. The second-order valence-electron chi connectivity index (χ2n) is 5.00. The number of halogens is 2. The minimum atomic E-state index is -3.00. The zero-order chi connectivity index (χ0) is 15.0. The Balaban J connectivity index is 2.01. The molecule has 3 rings (SSSR count). The zero-order valence-corrected chi connectivity index (χ0v) is 13.3. The maximum atomic E-state index is 11.6. The molecule has 1 aliphatic heterocycles. The lowest BCUT2D eigenvalue weighted by Gasteiger charge is -2.11. The van der Waals surface area contributed by atoms with Crippen molar-refractivity contribution in [2.24, 2.45) is 0 Å². The van der Waals surface area contributed by atoms with E-state index in [4.69, 9.17) is 23.2 Å². The van der Waals surface area contributed by atoms with Crippen molar-refractivity contribution in [2.45, 2.75) is 12.3 Å². The summed E-state index contributed by atoms with van der Waals surface area (Å²) < 4.78 is 23.1. The van der Waals surface area contributed by atoms with Gasteiger partial charge in [-0.3, -0.25) is 0 Å². The molecular formula is C14H12Cl2N2O2S. The van der Waals surface area contributed by atoms with Crippen LogP contribution in [0, 0.1) is 0 Å². The summed E-state index contributed by atoms with van der Waals surface area (Å²) in [6.45, 7) is 0. The highest BCUT2D eigenvalue weighted by Crippen LogP contribution is 2.35. The third kappa shape index (κ3) is 3.05. The van der Waals surface area contributed by atoms with Gasteiger partial charge in [0.05, 0.1) is 17.1 Å². The van der Waals surface area contributed by atoms with Crippen LogP contribution in [0.1, 0.15) is 18.2 Å². The first-order valence-corrected chi connectivity index (χ1v) is 9.03. The number of sulfone groups is 1. The molecule has 4 nitrogen and oxygen atoms in total. The van der Waals surface area contributed by atoms with Crippen LogP contribution in [0.4, 0.5) is 0 Å². The molecule has 1 aromatic carbocycles. The van der Waals surface area contributed by atoms with Gasteiger partial charge in [0.15, 0.2) is 9.84 Å². The SMILES string of the molecule is O=S1(=O)CCC(c2nc(Cl)c(-c3ccccc3)c(Cl)n2)C1. The van der Waals surface area contributed by atoms with Gasteiger partial charge in [-0.1, -0.05) is 53.5 Å². The van der Waals surface area contributed by atoms with Gasteiger partial charge in [0, 0.05) is 5.92 Å². The smallest absolute Gasteiger partial charge is 0.151 e. The van der Waals surface area contributed by atoms with Crippen molar-refractivity contribution in [1.82, 2.24) is 9.97 Å². The Labute approximate surface area is 133 Å². The zero-order valence-electron chi connectivity index (χ0n) is 11.0. The van der Waals surface area contributed by atoms with Crippen molar-refractivity contribution in [3.63, 3.8) is 0 Å². The second-order valence-corrected chi connectivity index (χ2v) is 7.95. The molecule has 2 aromatic rings. The van der Waals surface area contributed by atoms with Crippen LogP contribution in [0.5, 0.6) is 0 Å². The van der Waals surface area contributed by atoms with Crippen LogP contribution >= 0.6 is 23.2 Å². The first-order valence-electron chi connectivity index (χ1n) is 6.45. The molecule has 0 bridgehead atoms. The van der Waals surface area contributed by atoms with Gasteiger partial charge in [-0.15, -0.1) is 0 Å². The maximum Gasteiger partial charge on any atom is 0.151 e. The molecule has 0 N–H and O–H groups in total. The van der Waals surface area contributed by atoms with Crippen molar-refractivity contribution < 1.29 is 8.42 Å². The summed E-state index contributed by atoms with van der Waals surface area (Å²) in [6.07, 6.45) is 0.514. The lowest BCUT2D eigenvalue weighted by Crippen LogP contribution is -2.08. The molecular weight excluding hydrogens is 331 g/mol. The van der Waals surface area contributed by atoms with Crippen LogP contribution in [0.25, 0.3) is 11.1 Å². The Morgan fingerprint density at radius 3 is 2.19 bits per heavy atom. The highest BCUT2D eigenvalue weighted by molar-refractivity contribution is 7.91. The van der Waals surface area contributed by atoms with Crippen LogP contribution in [0.2, 0.25) is 10.3 Å². The van der Waals surface area contributed by atoms with Crippen molar-refractivity contribution >= 4 is 33.0 Å². The Hall–Kier alpha value is -1.17. The highest BCUT2D eigenvalue weighted by Gasteiger charge is 2.32. The number of hydrogen-bond acceptors (Lipinski definition) is 4. The lowest BCUT2D eigenvalue weighted by molar-refractivity contribution is 0.601. The Bertz CT molecular complexity index is 756. The standard InChI is InChI=1S/C14H12Cl2N2O2S/c15-12-11(9-4-2-1-3-5-9)13(16)18-14(17-12)10-6-7-21(19,20)8-10/h1-5,10H,6-8H2. The molecule has 21 heavy (non-hydrogen) atoms. The van der Waals surface area contributed by atoms with Gasteiger partial charge in [-0.2, -0.15) is 0 Å². The van der Waals surface area contributed by atoms with E-state index >= 15 is 0 Å². The average molecular weight is 343 g/mol. The molecule has 0 aliphatic carbocycles. The summed E-state index contributed by atoms with van der Waals surface area (Å²) in [5.41, 5.74) is 1.40.